The van der Waals surface area contributed by atoms with Crippen LogP contribution in [-0.4, -0.2) is 28.8 Å². The lowest BCUT2D eigenvalue weighted by molar-refractivity contribution is -0.121. The van der Waals surface area contributed by atoms with Crippen molar-refractivity contribution in [2.24, 2.45) is 11.8 Å². The largest absolute Gasteiger partial charge is 0.451 e. The van der Waals surface area contributed by atoms with E-state index < -0.39 is 11.5 Å². The number of benzene rings is 1. The topological polar surface area (TPSA) is 85.0 Å². The molecule has 0 N–H and O–H groups in total. The predicted octanol–water partition coefficient (Wildman–Crippen LogP) is 3.01. The van der Waals surface area contributed by atoms with E-state index in [1.165, 1.54) is 11.8 Å². The number of hydrogen-bond acceptors (Lipinski definition) is 5. The average Bonchev–Trinajstić information content (AvgIpc) is 3.15. The Labute approximate surface area is 157 Å². The first-order chi connectivity index (χ1) is 13.0. The van der Waals surface area contributed by atoms with E-state index in [0.29, 0.717) is 0 Å². The molecular formula is C21H19N3O3. The molecule has 1 heterocycles. The van der Waals surface area contributed by atoms with Crippen LogP contribution in [0.15, 0.2) is 48.2 Å². The number of nitriles is 1. The number of carbonyl (C=O) groups is 2. The lowest BCUT2D eigenvalue weighted by atomic mass is 9.54. The number of ketones is 1. The molecule has 1 aromatic carbocycles. The Hall–Kier alpha value is -3.20. The van der Waals surface area contributed by atoms with Gasteiger partial charge >= 0.3 is 6.09 Å². The standard InChI is InChI=1S/C21H19N3O3/c1-13-17-9-8-14-12-24(20(26)27-2)23-19(14)21(17,10-15(11-22)18(13)25)16-6-4-3-5-7-16/h3-7,10,12-13,17H,8-9H2,1-2H3/t13-,17-,21+/m0/s1. The zero-order chi connectivity index (χ0) is 19.2. The molecule has 0 aliphatic heterocycles. The molecule has 6 nitrogen and oxygen atoms in total. The number of fused-ring (bicyclic) bond motifs is 3. The summed E-state index contributed by atoms with van der Waals surface area (Å²) in [6.45, 7) is 1.89. The van der Waals surface area contributed by atoms with Gasteiger partial charge in [0.1, 0.15) is 6.07 Å². The average molecular weight is 361 g/mol. The summed E-state index contributed by atoms with van der Waals surface area (Å²) in [7, 11) is 1.31. The molecule has 27 heavy (non-hydrogen) atoms. The van der Waals surface area contributed by atoms with E-state index in [4.69, 9.17) is 4.74 Å². The second-order valence-corrected chi connectivity index (χ2v) is 7.12. The van der Waals surface area contributed by atoms with Gasteiger partial charge in [-0.1, -0.05) is 37.3 Å². The summed E-state index contributed by atoms with van der Waals surface area (Å²) < 4.78 is 6.02. The number of Topliss-reactive ketones (excluding diaryl/α,β-unsaturated/α-hetero) is 1. The number of nitrogens with zero attached hydrogens (tertiary/aromatic N) is 3. The Morgan fingerprint density at radius 2 is 2.11 bits per heavy atom. The minimum atomic E-state index is -0.716. The van der Waals surface area contributed by atoms with Crippen LogP contribution in [0.3, 0.4) is 0 Å². The normalized spacial score (nSPS) is 26.4. The molecule has 0 radical (unpaired) electrons. The Balaban J connectivity index is 2.04. The summed E-state index contributed by atoms with van der Waals surface area (Å²) in [6, 6.07) is 11.9. The van der Waals surface area contributed by atoms with Crippen LogP contribution in [0.5, 0.6) is 0 Å². The van der Waals surface area contributed by atoms with Gasteiger partial charge < -0.3 is 4.74 Å². The SMILES string of the molecule is COC(=O)n1cc2c(n1)[C@@]1(c3ccccc3)C=C(C#N)C(=O)[C@@H](C)[C@@H]1CC2. The van der Waals surface area contributed by atoms with Crippen LogP contribution in [0.1, 0.15) is 30.2 Å². The van der Waals surface area contributed by atoms with Gasteiger partial charge in [0.05, 0.1) is 23.8 Å². The van der Waals surface area contributed by atoms with E-state index in [1.807, 2.05) is 37.3 Å². The number of allylic oxidation sites excluding steroid dienone is 2. The molecule has 6 heteroatoms. The van der Waals surface area contributed by atoms with E-state index in [0.717, 1.165) is 29.7 Å². The third kappa shape index (κ3) is 2.35. The number of aromatic nitrogens is 2. The maximum Gasteiger partial charge on any atom is 0.434 e. The lowest BCUT2D eigenvalue weighted by Gasteiger charge is -2.46. The molecule has 4 rings (SSSR count). The van der Waals surface area contributed by atoms with Gasteiger partial charge in [-0.05, 0) is 36.0 Å². The minimum absolute atomic E-state index is 0.0296. The van der Waals surface area contributed by atoms with Gasteiger partial charge in [0.15, 0.2) is 5.78 Å². The van der Waals surface area contributed by atoms with Crippen molar-refractivity contribution >= 4 is 11.9 Å². The van der Waals surface area contributed by atoms with Crippen LogP contribution < -0.4 is 0 Å². The summed E-state index contributed by atoms with van der Waals surface area (Å²) >= 11 is 0. The van der Waals surface area contributed by atoms with Crippen molar-refractivity contribution in [2.45, 2.75) is 25.2 Å². The van der Waals surface area contributed by atoms with Crippen molar-refractivity contribution in [2.75, 3.05) is 7.11 Å². The van der Waals surface area contributed by atoms with Gasteiger partial charge in [0.2, 0.25) is 0 Å². The van der Waals surface area contributed by atoms with Gasteiger partial charge in [0.25, 0.3) is 0 Å². The van der Waals surface area contributed by atoms with E-state index in [2.05, 4.69) is 11.2 Å². The molecule has 136 valence electrons. The van der Waals surface area contributed by atoms with Crippen molar-refractivity contribution < 1.29 is 14.3 Å². The maximum absolute atomic E-state index is 12.7. The Bertz CT molecular complexity index is 999. The fourth-order valence-electron chi connectivity index (χ4n) is 4.62. The van der Waals surface area contributed by atoms with Crippen molar-refractivity contribution in [1.29, 1.82) is 5.26 Å². The molecule has 2 aromatic rings. The van der Waals surface area contributed by atoms with Crippen LogP contribution in [0.25, 0.3) is 0 Å². The van der Waals surface area contributed by atoms with Crippen LogP contribution >= 0.6 is 0 Å². The number of carbonyl (C=O) groups excluding carboxylic acids is 2. The number of rotatable bonds is 1. The molecule has 0 unspecified atom stereocenters. The highest BCUT2D eigenvalue weighted by atomic mass is 16.5. The Morgan fingerprint density at radius 3 is 2.78 bits per heavy atom. The molecule has 2 aliphatic carbocycles. The first-order valence-electron chi connectivity index (χ1n) is 8.93. The van der Waals surface area contributed by atoms with Crippen molar-refractivity contribution in [1.82, 2.24) is 9.78 Å². The molecule has 0 saturated carbocycles. The number of hydrogen-bond donors (Lipinski definition) is 0. The molecule has 0 saturated heterocycles. The van der Waals surface area contributed by atoms with Gasteiger partial charge in [-0.2, -0.15) is 15.0 Å². The summed E-state index contributed by atoms with van der Waals surface area (Å²) in [5.41, 5.74) is 2.08. The quantitative estimate of drug-likeness (QED) is 0.779. The molecule has 1 aromatic heterocycles. The Morgan fingerprint density at radius 1 is 1.37 bits per heavy atom. The summed E-state index contributed by atoms with van der Waals surface area (Å²) in [4.78, 5) is 24.7. The fourth-order valence-corrected chi connectivity index (χ4v) is 4.62. The van der Waals surface area contributed by atoms with Gasteiger partial charge in [-0.15, -0.1) is 0 Å². The van der Waals surface area contributed by atoms with Gasteiger partial charge in [-0.3, -0.25) is 4.79 Å². The number of aryl methyl sites for hydroxylation is 1. The molecule has 0 bridgehead atoms. The van der Waals surface area contributed by atoms with Crippen LogP contribution in [0, 0.1) is 23.2 Å². The maximum atomic E-state index is 12.7. The highest BCUT2D eigenvalue weighted by molar-refractivity contribution is 6.02. The highest BCUT2D eigenvalue weighted by Gasteiger charge is 2.53. The van der Waals surface area contributed by atoms with Crippen LogP contribution in [-0.2, 0) is 21.4 Å². The smallest absolute Gasteiger partial charge is 0.434 e. The molecule has 2 aliphatic rings. The Kier molecular flexibility index (Phi) is 3.96. The summed E-state index contributed by atoms with van der Waals surface area (Å²) in [6.07, 6.45) is 4.40. The van der Waals surface area contributed by atoms with Crippen molar-refractivity contribution in [3.05, 3.63) is 65.0 Å². The number of ether oxygens (including phenoxy) is 1. The number of methoxy groups -OCH3 is 1. The molecule has 3 atom stereocenters. The first kappa shape index (κ1) is 17.2. The molecule has 0 spiro atoms. The molecule has 0 fully saturated rings. The predicted molar refractivity (Wildman–Crippen MR) is 96.9 cm³/mol. The van der Waals surface area contributed by atoms with E-state index in [-0.39, 0.29) is 23.2 Å². The van der Waals surface area contributed by atoms with Crippen LogP contribution in [0.4, 0.5) is 4.79 Å². The third-order valence-corrected chi connectivity index (χ3v) is 5.88. The van der Waals surface area contributed by atoms with E-state index >= 15 is 0 Å². The van der Waals surface area contributed by atoms with Crippen molar-refractivity contribution in [3.8, 4) is 6.07 Å². The molecule has 0 amide bonds. The van der Waals surface area contributed by atoms with E-state index in [1.54, 1.807) is 12.3 Å². The van der Waals surface area contributed by atoms with Gasteiger partial charge in [-0.25, -0.2) is 4.79 Å². The second kappa shape index (κ2) is 6.20. The first-order valence-corrected chi connectivity index (χ1v) is 8.93. The van der Waals surface area contributed by atoms with Crippen molar-refractivity contribution in [3.63, 3.8) is 0 Å². The minimum Gasteiger partial charge on any atom is -0.451 e. The lowest BCUT2D eigenvalue weighted by Crippen LogP contribution is -2.48. The van der Waals surface area contributed by atoms with E-state index in [9.17, 15) is 14.9 Å². The summed E-state index contributed by atoms with van der Waals surface area (Å²) in [5, 5.41) is 14.1. The second-order valence-electron chi connectivity index (χ2n) is 7.12. The monoisotopic (exact) mass is 361 g/mol. The highest BCUT2D eigenvalue weighted by Crippen LogP contribution is 2.53. The van der Waals surface area contributed by atoms with Crippen LogP contribution in [0.2, 0.25) is 0 Å². The third-order valence-electron chi connectivity index (χ3n) is 5.88. The fraction of sp³-hybridized carbons (Fsp3) is 0.333. The summed E-state index contributed by atoms with van der Waals surface area (Å²) in [5.74, 6) is -0.454. The molecular weight excluding hydrogens is 342 g/mol. The van der Waals surface area contributed by atoms with Gasteiger partial charge in [0, 0.05) is 12.1 Å². The zero-order valence-electron chi connectivity index (χ0n) is 15.2. The zero-order valence-corrected chi connectivity index (χ0v) is 15.2.